The van der Waals surface area contributed by atoms with Gasteiger partial charge in [-0.2, -0.15) is 0 Å². The summed E-state index contributed by atoms with van der Waals surface area (Å²) in [7, 11) is -3.48. The number of hydrogen-bond donors (Lipinski definition) is 3. The third-order valence-corrected chi connectivity index (χ3v) is 6.65. The van der Waals surface area contributed by atoms with Crippen LogP contribution in [0.1, 0.15) is 40.0 Å². The van der Waals surface area contributed by atoms with Crippen molar-refractivity contribution in [2.45, 2.75) is 50.7 Å². The average Bonchev–Trinajstić information content (AvgIpc) is 2.78. The van der Waals surface area contributed by atoms with Gasteiger partial charge >= 0.3 is 5.97 Å². The Labute approximate surface area is 140 Å². The van der Waals surface area contributed by atoms with Gasteiger partial charge in [-0.15, -0.1) is 0 Å². The lowest BCUT2D eigenvalue weighted by molar-refractivity contribution is -0.139. The fourth-order valence-corrected chi connectivity index (χ4v) is 4.38. The maximum Gasteiger partial charge on any atom is 0.320 e. The maximum atomic E-state index is 11.6. The topological polar surface area (TPSA) is 144 Å². The number of carboxylic acids is 1. The van der Waals surface area contributed by atoms with Crippen molar-refractivity contribution in [2.75, 3.05) is 5.75 Å². The van der Waals surface area contributed by atoms with Gasteiger partial charge in [0.05, 0.1) is 5.75 Å². The Hall–Kier alpha value is -1.13. The average molecular weight is 368 g/mol. The van der Waals surface area contributed by atoms with Crippen molar-refractivity contribution in [3.8, 4) is 0 Å². The van der Waals surface area contributed by atoms with Gasteiger partial charge in [0.1, 0.15) is 6.04 Å². The largest absolute Gasteiger partial charge is 0.480 e. The van der Waals surface area contributed by atoms with Gasteiger partial charge in [-0.25, -0.2) is 8.42 Å². The van der Waals surface area contributed by atoms with Crippen LogP contribution >= 0.6 is 11.8 Å². The molecule has 1 saturated heterocycles. The van der Waals surface area contributed by atoms with Gasteiger partial charge in [0.25, 0.3) is 11.1 Å². The summed E-state index contributed by atoms with van der Waals surface area (Å²) < 4.78 is 22.0. The van der Waals surface area contributed by atoms with Crippen molar-refractivity contribution in [2.24, 2.45) is 11.7 Å². The minimum absolute atomic E-state index is 0.0208. The zero-order valence-corrected chi connectivity index (χ0v) is 15.1. The molecule has 0 aromatic rings. The summed E-state index contributed by atoms with van der Waals surface area (Å²) in [5.74, 6) is -1.65. The van der Waals surface area contributed by atoms with E-state index in [0.29, 0.717) is 18.2 Å². The summed E-state index contributed by atoms with van der Waals surface area (Å²) in [5.41, 5.74) is 5.16. The molecular weight excluding hydrogens is 344 g/mol. The molecule has 1 unspecified atom stereocenters. The summed E-state index contributed by atoms with van der Waals surface area (Å²) in [5, 5.41) is 9.62. The lowest BCUT2D eigenvalue weighted by Crippen LogP contribution is -2.34. The molecule has 0 spiro atoms. The lowest BCUT2D eigenvalue weighted by atomic mass is 10.1. The first-order chi connectivity index (χ1) is 10.5. The number of aliphatic carboxylic acids is 1. The predicted molar refractivity (Wildman–Crippen MR) is 88.7 cm³/mol. The number of carbonyl (C=O) groups is 3. The fraction of sp³-hybridized carbons (Fsp3) is 0.769. The SMILES string of the molecule is CC(C)[C@H](N)C(=O)O.CCCCCS(=O)(=O)C1SC(=O)NC1=O. The standard InChI is InChI=1S/C8H13NO4S2.C5H11NO2/c1-2-3-4-5-15(12,13)7-6(10)9-8(11)14-7;1-3(2)4(6)5(7)8/h7H,2-5H2,1H3,(H,9,10,11);3-4H,6H2,1-2H3,(H,7,8)/t;4-/m.0/s1. The predicted octanol–water partition coefficient (Wildman–Crippen LogP) is 0.955. The molecule has 1 aliphatic rings. The number of sulfone groups is 1. The highest BCUT2D eigenvalue weighted by Gasteiger charge is 2.41. The van der Waals surface area contributed by atoms with Crippen LogP contribution in [0.4, 0.5) is 4.79 Å². The highest BCUT2D eigenvalue weighted by Crippen LogP contribution is 2.25. The monoisotopic (exact) mass is 368 g/mol. The van der Waals surface area contributed by atoms with Gasteiger partial charge in [-0.3, -0.25) is 19.7 Å². The number of rotatable bonds is 7. The van der Waals surface area contributed by atoms with E-state index in [-0.39, 0.29) is 11.7 Å². The normalized spacial score (nSPS) is 19.1. The molecule has 0 aliphatic carbocycles. The van der Waals surface area contributed by atoms with Crippen molar-refractivity contribution in [3.05, 3.63) is 0 Å². The van der Waals surface area contributed by atoms with E-state index in [2.05, 4.69) is 0 Å². The van der Waals surface area contributed by atoms with Crippen LogP contribution in [-0.2, 0) is 19.4 Å². The molecule has 1 heterocycles. The lowest BCUT2D eigenvalue weighted by Gasteiger charge is -2.07. The van der Waals surface area contributed by atoms with E-state index in [1.54, 1.807) is 13.8 Å². The van der Waals surface area contributed by atoms with Crippen LogP contribution in [0.25, 0.3) is 0 Å². The van der Waals surface area contributed by atoms with E-state index in [1.807, 2.05) is 12.2 Å². The molecule has 2 amide bonds. The van der Waals surface area contributed by atoms with Crippen molar-refractivity contribution in [1.82, 2.24) is 5.32 Å². The molecule has 4 N–H and O–H groups in total. The van der Waals surface area contributed by atoms with Crippen LogP contribution in [0.2, 0.25) is 0 Å². The first-order valence-electron chi connectivity index (χ1n) is 7.24. The fourth-order valence-electron chi connectivity index (χ4n) is 1.52. The molecule has 0 bridgehead atoms. The van der Waals surface area contributed by atoms with Crippen molar-refractivity contribution in [3.63, 3.8) is 0 Å². The first-order valence-corrected chi connectivity index (χ1v) is 9.83. The Morgan fingerprint density at radius 1 is 1.35 bits per heavy atom. The Balaban J connectivity index is 0.000000515. The van der Waals surface area contributed by atoms with Gasteiger partial charge in [-0.05, 0) is 24.1 Å². The number of carbonyl (C=O) groups excluding carboxylic acids is 2. The molecule has 134 valence electrons. The summed E-state index contributed by atoms with van der Waals surface area (Å²) in [6, 6.07) is -0.713. The molecule has 0 radical (unpaired) electrons. The second-order valence-electron chi connectivity index (χ2n) is 5.41. The number of hydrogen-bond acceptors (Lipinski definition) is 7. The minimum atomic E-state index is -3.48. The van der Waals surface area contributed by atoms with E-state index in [4.69, 9.17) is 10.8 Å². The quantitative estimate of drug-likeness (QED) is 0.564. The van der Waals surface area contributed by atoms with Crippen molar-refractivity contribution in [1.29, 1.82) is 0 Å². The van der Waals surface area contributed by atoms with Crippen LogP contribution in [-0.4, -0.2) is 47.0 Å². The summed E-state index contributed by atoms with van der Waals surface area (Å²) in [4.78, 5) is 32.0. The molecule has 0 saturated carbocycles. The van der Waals surface area contributed by atoms with E-state index in [9.17, 15) is 22.8 Å². The van der Waals surface area contributed by atoms with Crippen LogP contribution in [0, 0.1) is 5.92 Å². The van der Waals surface area contributed by atoms with E-state index < -0.39 is 37.6 Å². The number of nitrogens with one attached hydrogen (secondary N) is 1. The van der Waals surface area contributed by atoms with Gasteiger partial charge in [0.2, 0.25) is 0 Å². The van der Waals surface area contributed by atoms with E-state index in [1.165, 1.54) is 0 Å². The molecule has 1 fully saturated rings. The number of carboxylic acid groups (broad SMARTS) is 1. The van der Waals surface area contributed by atoms with Gasteiger partial charge < -0.3 is 10.8 Å². The summed E-state index contributed by atoms with van der Waals surface area (Å²) >= 11 is 0.551. The third-order valence-electron chi connectivity index (χ3n) is 3.02. The van der Waals surface area contributed by atoms with Gasteiger partial charge in [0, 0.05) is 0 Å². The second kappa shape index (κ2) is 9.89. The molecule has 10 heteroatoms. The Morgan fingerprint density at radius 2 is 1.91 bits per heavy atom. The zero-order chi connectivity index (χ0) is 18.2. The van der Waals surface area contributed by atoms with Crippen molar-refractivity contribution >= 4 is 38.7 Å². The number of thioether (sulfide) groups is 1. The van der Waals surface area contributed by atoms with Gasteiger partial charge in [-0.1, -0.05) is 33.6 Å². The number of unbranched alkanes of at least 4 members (excludes halogenated alkanes) is 2. The molecule has 23 heavy (non-hydrogen) atoms. The first kappa shape index (κ1) is 21.9. The Kier molecular flexibility index (Phi) is 9.40. The van der Waals surface area contributed by atoms with Crippen LogP contribution in [0.15, 0.2) is 0 Å². The highest BCUT2D eigenvalue weighted by molar-refractivity contribution is 8.24. The zero-order valence-electron chi connectivity index (χ0n) is 13.4. The van der Waals surface area contributed by atoms with E-state index in [0.717, 1.165) is 12.8 Å². The molecule has 1 aliphatic heterocycles. The second-order valence-corrected chi connectivity index (χ2v) is 8.99. The third kappa shape index (κ3) is 7.80. The van der Waals surface area contributed by atoms with Crippen LogP contribution in [0.3, 0.4) is 0 Å². The highest BCUT2D eigenvalue weighted by atomic mass is 32.3. The maximum absolute atomic E-state index is 11.6. The smallest absolute Gasteiger partial charge is 0.320 e. The molecule has 2 atom stereocenters. The van der Waals surface area contributed by atoms with Gasteiger partial charge in [0.15, 0.2) is 14.4 Å². The number of nitrogens with two attached hydrogens (primary N) is 1. The molecule has 1 rings (SSSR count). The number of amides is 2. The van der Waals surface area contributed by atoms with Crippen LogP contribution in [0.5, 0.6) is 0 Å². The summed E-state index contributed by atoms with van der Waals surface area (Å²) in [6.07, 6.45) is 2.27. The Bertz CT molecular complexity index is 533. The minimum Gasteiger partial charge on any atom is -0.480 e. The van der Waals surface area contributed by atoms with Crippen molar-refractivity contribution < 1.29 is 27.9 Å². The molecular formula is C13H24N2O6S2. The van der Waals surface area contributed by atoms with Crippen LogP contribution < -0.4 is 11.1 Å². The Morgan fingerprint density at radius 3 is 2.22 bits per heavy atom. The number of imide groups is 1. The summed E-state index contributed by atoms with van der Waals surface area (Å²) in [6.45, 7) is 5.52. The molecule has 0 aromatic heterocycles. The molecule has 8 nitrogen and oxygen atoms in total. The molecule has 0 aromatic carbocycles. The van der Waals surface area contributed by atoms with E-state index >= 15 is 0 Å².